The molecule has 0 unspecified atom stereocenters. The summed E-state index contributed by atoms with van der Waals surface area (Å²) < 4.78 is 0. The van der Waals surface area contributed by atoms with E-state index in [4.69, 9.17) is 0 Å². The molecular weight excluding hydrogens is 274 g/mol. The maximum absolute atomic E-state index is 12.2. The second-order valence-electron chi connectivity index (χ2n) is 5.88. The average molecular weight is 297 g/mol. The summed E-state index contributed by atoms with van der Waals surface area (Å²) in [5.41, 5.74) is 4.03. The first-order valence-electron chi connectivity index (χ1n) is 8.21. The predicted molar refractivity (Wildman–Crippen MR) is 89.0 cm³/mol. The molecule has 1 aliphatic carbocycles. The van der Waals surface area contributed by atoms with E-state index in [0.29, 0.717) is 12.1 Å². The van der Waals surface area contributed by atoms with Crippen molar-refractivity contribution >= 4 is 16.9 Å². The van der Waals surface area contributed by atoms with Crippen LogP contribution in [0.1, 0.15) is 55.2 Å². The highest BCUT2D eigenvalue weighted by molar-refractivity contribution is 5.97. The van der Waals surface area contributed by atoms with Crippen LogP contribution in [0.2, 0.25) is 0 Å². The van der Waals surface area contributed by atoms with E-state index in [2.05, 4.69) is 28.3 Å². The lowest BCUT2D eigenvalue weighted by Gasteiger charge is -2.12. The Morgan fingerprint density at radius 3 is 3.05 bits per heavy atom. The summed E-state index contributed by atoms with van der Waals surface area (Å²) in [7, 11) is 0. The van der Waals surface area contributed by atoms with E-state index >= 15 is 0 Å². The molecule has 2 aromatic rings. The van der Waals surface area contributed by atoms with E-state index < -0.39 is 0 Å². The van der Waals surface area contributed by atoms with Crippen LogP contribution in [0.3, 0.4) is 0 Å². The fourth-order valence-corrected chi connectivity index (χ4v) is 2.94. The number of fused-ring (bicyclic) bond motifs is 1. The van der Waals surface area contributed by atoms with Crippen LogP contribution in [0.5, 0.6) is 0 Å². The van der Waals surface area contributed by atoms with E-state index in [1.807, 2.05) is 18.2 Å². The number of carbonyl (C=O) groups excluding carboxylic acids is 1. The summed E-state index contributed by atoms with van der Waals surface area (Å²) in [6, 6.07) is 5.64. The van der Waals surface area contributed by atoms with E-state index in [1.54, 1.807) is 0 Å². The second-order valence-corrected chi connectivity index (χ2v) is 5.88. The van der Waals surface area contributed by atoms with Crippen LogP contribution in [0.4, 0.5) is 0 Å². The molecule has 0 aliphatic heterocycles. The molecule has 1 heterocycles. The Balaban J connectivity index is 1.60. The van der Waals surface area contributed by atoms with Gasteiger partial charge in [-0.25, -0.2) is 4.98 Å². The number of aryl methyl sites for hydroxylation is 1. The number of nitrogens with zero attached hydrogens (tertiary/aromatic N) is 1. The number of hydrogen-bond acceptors (Lipinski definition) is 2. The summed E-state index contributed by atoms with van der Waals surface area (Å²) in [4.78, 5) is 19.9. The van der Waals surface area contributed by atoms with E-state index in [0.717, 1.165) is 29.7 Å². The van der Waals surface area contributed by atoms with E-state index in [9.17, 15) is 4.79 Å². The zero-order valence-electron chi connectivity index (χ0n) is 13.1. The highest BCUT2D eigenvalue weighted by Crippen LogP contribution is 2.19. The molecular formula is C18H23N3O. The van der Waals surface area contributed by atoms with Crippen molar-refractivity contribution in [1.82, 2.24) is 15.3 Å². The van der Waals surface area contributed by atoms with Gasteiger partial charge in [0.25, 0.3) is 5.91 Å². The molecule has 3 rings (SSSR count). The lowest BCUT2D eigenvalue weighted by molar-refractivity contribution is 0.0954. The topological polar surface area (TPSA) is 57.8 Å². The van der Waals surface area contributed by atoms with E-state index in [-0.39, 0.29) is 5.91 Å². The smallest absolute Gasteiger partial charge is 0.251 e. The third kappa shape index (κ3) is 3.38. The standard InChI is InChI=1S/C18H23N3O/c1-2-17-20-15-9-8-14(12-16(15)21-17)18(22)19-11-10-13-6-4-3-5-7-13/h6,8-9,12H,2-5,7,10-11H2,1H3,(H,19,22)(H,20,21). The van der Waals surface area contributed by atoms with Crippen molar-refractivity contribution in [1.29, 1.82) is 0 Å². The van der Waals surface area contributed by atoms with Crippen LogP contribution in [-0.4, -0.2) is 22.4 Å². The minimum atomic E-state index is -0.00837. The molecule has 1 aromatic heterocycles. The minimum absolute atomic E-state index is 0.00837. The van der Waals surface area contributed by atoms with Crippen molar-refractivity contribution in [3.8, 4) is 0 Å². The Kier molecular flexibility index (Phi) is 4.56. The molecule has 0 saturated heterocycles. The molecule has 0 fully saturated rings. The molecule has 0 spiro atoms. The fraction of sp³-hybridized carbons (Fsp3) is 0.444. The van der Waals surface area contributed by atoms with Crippen LogP contribution in [0, 0.1) is 0 Å². The van der Waals surface area contributed by atoms with Crippen molar-refractivity contribution in [2.75, 3.05) is 6.54 Å². The van der Waals surface area contributed by atoms with Crippen molar-refractivity contribution in [3.63, 3.8) is 0 Å². The van der Waals surface area contributed by atoms with Gasteiger partial charge in [-0.1, -0.05) is 18.6 Å². The molecule has 0 atom stereocenters. The number of imidazole rings is 1. The monoisotopic (exact) mass is 297 g/mol. The van der Waals surface area contributed by atoms with Crippen molar-refractivity contribution in [2.24, 2.45) is 0 Å². The molecule has 0 radical (unpaired) electrons. The van der Waals surface area contributed by atoms with Crippen LogP contribution >= 0.6 is 0 Å². The Bertz CT molecular complexity index is 699. The number of rotatable bonds is 5. The molecule has 116 valence electrons. The Morgan fingerprint density at radius 1 is 1.36 bits per heavy atom. The first-order valence-corrected chi connectivity index (χ1v) is 8.21. The van der Waals surface area contributed by atoms with Crippen molar-refractivity contribution in [2.45, 2.75) is 45.4 Å². The quantitative estimate of drug-likeness (QED) is 0.826. The van der Waals surface area contributed by atoms with Crippen LogP contribution in [-0.2, 0) is 6.42 Å². The number of hydrogen-bond donors (Lipinski definition) is 2. The summed E-state index contributed by atoms with van der Waals surface area (Å²) in [6.07, 6.45) is 9.15. The molecule has 0 bridgehead atoms. The zero-order chi connectivity index (χ0) is 15.4. The number of benzene rings is 1. The number of H-pyrrole nitrogens is 1. The van der Waals surface area contributed by atoms with Gasteiger partial charge < -0.3 is 10.3 Å². The molecule has 2 N–H and O–H groups in total. The number of carbonyl (C=O) groups is 1. The van der Waals surface area contributed by atoms with Crippen molar-refractivity contribution < 1.29 is 4.79 Å². The van der Waals surface area contributed by atoms with E-state index in [1.165, 1.54) is 31.3 Å². The SMILES string of the molecule is CCc1nc2ccc(C(=O)NCCC3=CCCCC3)cc2[nH]1. The van der Waals surface area contributed by atoms with Gasteiger partial charge in [0.05, 0.1) is 11.0 Å². The fourth-order valence-electron chi connectivity index (χ4n) is 2.94. The van der Waals surface area contributed by atoms with Gasteiger partial charge in [-0.2, -0.15) is 0 Å². The summed E-state index contributed by atoms with van der Waals surface area (Å²) in [6.45, 7) is 2.77. The third-order valence-electron chi connectivity index (χ3n) is 4.24. The molecule has 0 saturated carbocycles. The van der Waals surface area contributed by atoms with Gasteiger partial charge in [-0.3, -0.25) is 4.79 Å². The molecule has 1 amide bonds. The first kappa shape index (κ1) is 14.8. The zero-order valence-corrected chi connectivity index (χ0v) is 13.1. The van der Waals surface area contributed by atoms with Crippen LogP contribution in [0.15, 0.2) is 29.8 Å². The molecule has 22 heavy (non-hydrogen) atoms. The maximum atomic E-state index is 12.2. The molecule has 1 aliphatic rings. The summed E-state index contributed by atoms with van der Waals surface area (Å²) >= 11 is 0. The predicted octanol–water partition coefficient (Wildman–Crippen LogP) is 3.75. The largest absolute Gasteiger partial charge is 0.352 e. The summed E-state index contributed by atoms with van der Waals surface area (Å²) in [5, 5.41) is 3.02. The number of amides is 1. The van der Waals surface area contributed by atoms with Gasteiger partial charge in [0.1, 0.15) is 5.82 Å². The highest BCUT2D eigenvalue weighted by atomic mass is 16.1. The van der Waals surface area contributed by atoms with Gasteiger partial charge in [0.15, 0.2) is 0 Å². The lowest BCUT2D eigenvalue weighted by atomic mass is 9.97. The molecule has 1 aromatic carbocycles. The third-order valence-corrected chi connectivity index (χ3v) is 4.24. The number of aromatic nitrogens is 2. The molecule has 4 nitrogen and oxygen atoms in total. The average Bonchev–Trinajstić information content (AvgIpc) is 2.98. The minimum Gasteiger partial charge on any atom is -0.352 e. The second kappa shape index (κ2) is 6.77. The Labute approximate surface area is 131 Å². The maximum Gasteiger partial charge on any atom is 0.251 e. The van der Waals surface area contributed by atoms with Crippen LogP contribution < -0.4 is 5.32 Å². The van der Waals surface area contributed by atoms with Gasteiger partial charge in [0, 0.05) is 18.5 Å². The first-order chi connectivity index (χ1) is 10.8. The lowest BCUT2D eigenvalue weighted by Crippen LogP contribution is -2.24. The molecule has 4 heteroatoms. The van der Waals surface area contributed by atoms with Gasteiger partial charge in [-0.15, -0.1) is 0 Å². The number of nitrogens with one attached hydrogen (secondary N) is 2. The van der Waals surface area contributed by atoms with Gasteiger partial charge in [-0.05, 0) is 50.3 Å². The van der Waals surface area contributed by atoms with Crippen LogP contribution in [0.25, 0.3) is 11.0 Å². The van der Waals surface area contributed by atoms with Gasteiger partial charge >= 0.3 is 0 Å². The number of aromatic amines is 1. The van der Waals surface area contributed by atoms with Crippen molar-refractivity contribution in [3.05, 3.63) is 41.2 Å². The Hall–Kier alpha value is -2.10. The summed E-state index contributed by atoms with van der Waals surface area (Å²) in [5.74, 6) is 0.947. The highest BCUT2D eigenvalue weighted by Gasteiger charge is 2.09. The van der Waals surface area contributed by atoms with Gasteiger partial charge in [0.2, 0.25) is 0 Å². The number of allylic oxidation sites excluding steroid dienone is 1. The Morgan fingerprint density at radius 2 is 2.27 bits per heavy atom. The normalized spacial score (nSPS) is 14.9.